The van der Waals surface area contributed by atoms with Gasteiger partial charge in [0, 0.05) is 17.5 Å². The first-order valence-electron chi connectivity index (χ1n) is 3.33. The summed E-state index contributed by atoms with van der Waals surface area (Å²) in [6.45, 7) is 0. The van der Waals surface area contributed by atoms with Gasteiger partial charge in [-0.1, -0.05) is 0 Å². The first-order valence-corrected chi connectivity index (χ1v) is 3.33. The fourth-order valence-corrected chi connectivity index (χ4v) is 1.00. The number of methoxy groups -OCH3 is 1. The minimum Gasteiger partial charge on any atom is -0.497 e. The van der Waals surface area contributed by atoms with Gasteiger partial charge >= 0.3 is 0 Å². The Bertz CT molecular complexity index is 362. The quantitative estimate of drug-likeness (QED) is 0.617. The van der Waals surface area contributed by atoms with E-state index in [9.17, 15) is 0 Å². The first-order chi connectivity index (χ1) is 5.40. The Labute approximate surface area is 64.4 Å². The van der Waals surface area contributed by atoms with Crippen LogP contribution in [0.1, 0.15) is 0 Å². The molecule has 1 aromatic carbocycles. The van der Waals surface area contributed by atoms with Crippen molar-refractivity contribution in [3.8, 4) is 5.75 Å². The zero-order valence-electron chi connectivity index (χ0n) is 6.13. The van der Waals surface area contributed by atoms with Gasteiger partial charge in [0.05, 0.1) is 13.4 Å². The van der Waals surface area contributed by atoms with Crippen LogP contribution < -0.4 is 4.74 Å². The molecule has 0 aliphatic carbocycles. The maximum atomic E-state index is 5.12. The minimum atomic E-state index is 0.806. The molecule has 11 heavy (non-hydrogen) atoms. The summed E-state index contributed by atoms with van der Waals surface area (Å²) in [6.07, 6.45) is 1.55. The van der Waals surface area contributed by atoms with Gasteiger partial charge in [0.1, 0.15) is 11.3 Å². The molecule has 0 unspecified atom stereocenters. The highest BCUT2D eigenvalue weighted by atomic mass is 16.5. The van der Waals surface area contributed by atoms with E-state index in [1.807, 2.05) is 18.2 Å². The van der Waals surface area contributed by atoms with E-state index in [0.29, 0.717) is 0 Å². The van der Waals surface area contributed by atoms with Crippen LogP contribution in [0.15, 0.2) is 28.9 Å². The Morgan fingerprint density at radius 3 is 3.18 bits per heavy atom. The van der Waals surface area contributed by atoms with Gasteiger partial charge in [0.15, 0.2) is 0 Å². The van der Waals surface area contributed by atoms with Gasteiger partial charge in [-0.15, -0.1) is 0 Å². The van der Waals surface area contributed by atoms with E-state index in [1.165, 1.54) is 0 Å². The molecule has 0 bridgehead atoms. The Morgan fingerprint density at radius 1 is 1.45 bits per heavy atom. The molecule has 0 spiro atoms. The molecule has 55 valence electrons. The standard InChI is InChI=1S/C9H7O2/c1-10-8-3-2-7-4-5-11-9(7)6-8/h2-3,5-6H,1H3. The molecule has 2 rings (SSSR count). The van der Waals surface area contributed by atoms with Crippen molar-refractivity contribution in [1.29, 1.82) is 0 Å². The van der Waals surface area contributed by atoms with Gasteiger partial charge in [0.25, 0.3) is 0 Å². The molecule has 0 fully saturated rings. The average Bonchev–Trinajstić information content (AvgIpc) is 2.50. The summed E-state index contributed by atoms with van der Waals surface area (Å²) in [6, 6.07) is 8.59. The van der Waals surface area contributed by atoms with E-state index in [-0.39, 0.29) is 0 Å². The highest BCUT2D eigenvalue weighted by Gasteiger charge is 1.97. The zero-order chi connectivity index (χ0) is 7.68. The summed E-state index contributed by atoms with van der Waals surface area (Å²) in [7, 11) is 1.63. The molecule has 1 radical (unpaired) electrons. The maximum Gasteiger partial charge on any atom is 0.138 e. The van der Waals surface area contributed by atoms with Crippen LogP contribution in [0.4, 0.5) is 0 Å². The largest absolute Gasteiger partial charge is 0.497 e. The van der Waals surface area contributed by atoms with Crippen LogP contribution in [-0.2, 0) is 0 Å². The number of ether oxygens (including phenoxy) is 1. The van der Waals surface area contributed by atoms with Crippen LogP contribution in [0, 0.1) is 6.07 Å². The predicted octanol–water partition coefficient (Wildman–Crippen LogP) is 2.24. The maximum absolute atomic E-state index is 5.12. The Balaban J connectivity index is 2.67. The van der Waals surface area contributed by atoms with Crippen molar-refractivity contribution in [2.45, 2.75) is 0 Å². The molecule has 0 saturated heterocycles. The molecule has 0 saturated carbocycles. The molecule has 0 N–H and O–H groups in total. The summed E-state index contributed by atoms with van der Waals surface area (Å²) in [5.74, 6) is 0.806. The van der Waals surface area contributed by atoms with E-state index in [2.05, 4.69) is 6.07 Å². The van der Waals surface area contributed by atoms with Crippen molar-refractivity contribution < 1.29 is 9.15 Å². The molecular formula is C9H7O2. The zero-order valence-corrected chi connectivity index (χ0v) is 6.13. The molecule has 0 amide bonds. The van der Waals surface area contributed by atoms with Crippen LogP contribution in [0.2, 0.25) is 0 Å². The van der Waals surface area contributed by atoms with Crippen LogP contribution in [0.5, 0.6) is 5.75 Å². The lowest BCUT2D eigenvalue weighted by Gasteiger charge is -1.96. The summed E-state index contributed by atoms with van der Waals surface area (Å²) in [4.78, 5) is 0. The average molecular weight is 147 g/mol. The minimum absolute atomic E-state index is 0.806. The Kier molecular flexibility index (Phi) is 1.32. The Hall–Kier alpha value is -1.44. The lowest BCUT2D eigenvalue weighted by molar-refractivity contribution is 0.414. The van der Waals surface area contributed by atoms with Crippen LogP contribution in [0.3, 0.4) is 0 Å². The molecule has 2 heteroatoms. The Morgan fingerprint density at radius 2 is 2.36 bits per heavy atom. The van der Waals surface area contributed by atoms with Crippen LogP contribution >= 0.6 is 0 Å². The predicted molar refractivity (Wildman–Crippen MR) is 41.6 cm³/mol. The van der Waals surface area contributed by atoms with Crippen molar-refractivity contribution in [2.24, 2.45) is 0 Å². The third-order valence-electron chi connectivity index (χ3n) is 1.59. The first kappa shape index (κ1) is 6.28. The number of fused-ring (bicyclic) bond motifs is 1. The highest BCUT2D eigenvalue weighted by Crippen LogP contribution is 2.20. The molecule has 1 aromatic heterocycles. The van der Waals surface area contributed by atoms with Crippen molar-refractivity contribution in [1.82, 2.24) is 0 Å². The summed E-state index contributed by atoms with van der Waals surface area (Å²) < 4.78 is 10.1. The van der Waals surface area contributed by atoms with Gasteiger partial charge in [0.2, 0.25) is 0 Å². The van der Waals surface area contributed by atoms with Gasteiger partial charge < -0.3 is 9.15 Å². The highest BCUT2D eigenvalue weighted by molar-refractivity contribution is 5.77. The second-order valence-corrected chi connectivity index (χ2v) is 2.24. The lowest BCUT2D eigenvalue weighted by atomic mass is 10.2. The summed E-state index contributed by atoms with van der Waals surface area (Å²) in [5, 5.41) is 0.978. The summed E-state index contributed by atoms with van der Waals surface area (Å²) >= 11 is 0. The number of rotatable bonds is 1. The van der Waals surface area contributed by atoms with Gasteiger partial charge in [-0.3, -0.25) is 0 Å². The van der Waals surface area contributed by atoms with E-state index in [1.54, 1.807) is 13.4 Å². The van der Waals surface area contributed by atoms with Crippen molar-refractivity contribution in [2.75, 3.05) is 7.11 Å². The second kappa shape index (κ2) is 2.31. The molecule has 2 nitrogen and oxygen atoms in total. The van der Waals surface area contributed by atoms with E-state index >= 15 is 0 Å². The molecule has 0 aliphatic heterocycles. The number of benzene rings is 1. The van der Waals surface area contributed by atoms with Crippen molar-refractivity contribution >= 4 is 11.0 Å². The van der Waals surface area contributed by atoms with E-state index in [4.69, 9.17) is 9.15 Å². The SMILES string of the molecule is COc1ccc2[c]coc2c1. The number of furan rings is 1. The summed E-state index contributed by atoms with van der Waals surface area (Å²) in [5.41, 5.74) is 0.810. The lowest BCUT2D eigenvalue weighted by Crippen LogP contribution is -1.79. The third kappa shape index (κ3) is 0.963. The normalized spacial score (nSPS) is 10.3. The number of hydrogen-bond donors (Lipinski definition) is 0. The molecule has 0 atom stereocenters. The van der Waals surface area contributed by atoms with Gasteiger partial charge in [-0.2, -0.15) is 0 Å². The van der Waals surface area contributed by atoms with E-state index < -0.39 is 0 Å². The topological polar surface area (TPSA) is 22.4 Å². The van der Waals surface area contributed by atoms with Crippen LogP contribution in [0.25, 0.3) is 11.0 Å². The fraction of sp³-hybridized carbons (Fsp3) is 0.111. The van der Waals surface area contributed by atoms with Crippen molar-refractivity contribution in [3.63, 3.8) is 0 Å². The smallest absolute Gasteiger partial charge is 0.138 e. The monoisotopic (exact) mass is 147 g/mol. The second-order valence-electron chi connectivity index (χ2n) is 2.24. The fourth-order valence-electron chi connectivity index (χ4n) is 1.00. The van der Waals surface area contributed by atoms with E-state index in [0.717, 1.165) is 16.7 Å². The van der Waals surface area contributed by atoms with Gasteiger partial charge in [-0.05, 0) is 12.1 Å². The molecule has 1 heterocycles. The molecular weight excluding hydrogens is 140 g/mol. The van der Waals surface area contributed by atoms with Crippen LogP contribution in [-0.4, -0.2) is 7.11 Å². The molecule has 2 aromatic rings. The van der Waals surface area contributed by atoms with Crippen molar-refractivity contribution in [3.05, 3.63) is 30.5 Å². The van der Waals surface area contributed by atoms with Gasteiger partial charge in [-0.25, -0.2) is 0 Å². The third-order valence-corrected chi connectivity index (χ3v) is 1.59. The molecule has 0 aliphatic rings. The number of hydrogen-bond acceptors (Lipinski definition) is 2.